The van der Waals surface area contributed by atoms with Gasteiger partial charge in [-0.15, -0.1) is 0 Å². The second-order valence-electron chi connectivity index (χ2n) is 10.4. The molecule has 0 radical (unpaired) electrons. The molecular weight excluding hydrogens is 551 g/mol. The first-order chi connectivity index (χ1) is 20.2. The van der Waals surface area contributed by atoms with Crippen molar-refractivity contribution in [1.29, 1.82) is 0 Å². The Kier molecular flexibility index (Phi) is 7.46. The van der Waals surface area contributed by atoms with Gasteiger partial charge in [0, 0.05) is 43.4 Å². The summed E-state index contributed by atoms with van der Waals surface area (Å²) in [7, 11) is 0. The molecule has 42 heavy (non-hydrogen) atoms. The smallest absolute Gasteiger partial charge is 0.416 e. The molecule has 12 heteroatoms. The molecule has 0 N–H and O–H groups in total. The Hall–Kier alpha value is -4.58. The molecule has 1 aromatic heterocycles. The van der Waals surface area contributed by atoms with Crippen molar-refractivity contribution < 1.29 is 27.6 Å². The largest absolute Gasteiger partial charge is 0.490 e. The van der Waals surface area contributed by atoms with Gasteiger partial charge >= 0.3 is 18.0 Å². The fourth-order valence-electron chi connectivity index (χ4n) is 5.21. The number of benzene rings is 3. The van der Waals surface area contributed by atoms with E-state index in [1.54, 1.807) is 4.57 Å². The fraction of sp³-hybridized carbons (Fsp3) is 0.300. The number of imidazole rings is 1. The Morgan fingerprint density at radius 2 is 1.57 bits per heavy atom. The third-order valence-electron chi connectivity index (χ3n) is 7.50. The zero-order valence-electron chi connectivity index (χ0n) is 22.5. The van der Waals surface area contributed by atoms with E-state index in [-0.39, 0.29) is 17.9 Å². The van der Waals surface area contributed by atoms with Gasteiger partial charge in [0.1, 0.15) is 18.6 Å². The topological polar surface area (TPSA) is 85.9 Å². The number of alkyl halides is 3. The summed E-state index contributed by atoms with van der Waals surface area (Å²) in [5.74, 6) is 0.491. The van der Waals surface area contributed by atoms with E-state index in [1.807, 2.05) is 48.5 Å². The van der Waals surface area contributed by atoms with E-state index in [0.29, 0.717) is 13.2 Å². The first kappa shape index (κ1) is 27.6. The normalized spacial score (nSPS) is 17.1. The Bertz CT molecular complexity index is 1510. The van der Waals surface area contributed by atoms with Crippen LogP contribution >= 0.6 is 0 Å². The predicted octanol–water partition coefficient (Wildman–Crippen LogP) is 5.64. The number of hydrogen-bond donors (Lipinski definition) is 0. The Labute approximate surface area is 239 Å². The maximum Gasteiger partial charge on any atom is 0.416 e. The van der Waals surface area contributed by atoms with Gasteiger partial charge in [-0.05, 0) is 58.0 Å². The number of halogens is 3. The fourth-order valence-corrected chi connectivity index (χ4v) is 5.21. The third kappa shape index (κ3) is 6.18. The van der Waals surface area contributed by atoms with Crippen LogP contribution < -0.4 is 14.4 Å². The monoisotopic (exact) mass is 579 g/mol. The van der Waals surface area contributed by atoms with Gasteiger partial charge in [-0.1, -0.05) is 36.4 Å². The maximum absolute atomic E-state index is 12.8. The molecule has 1 saturated heterocycles. The van der Waals surface area contributed by atoms with Crippen molar-refractivity contribution in [2.75, 3.05) is 37.7 Å². The van der Waals surface area contributed by atoms with Crippen molar-refractivity contribution >= 4 is 11.5 Å². The number of hydrogen-bond acceptors (Lipinski definition) is 7. The van der Waals surface area contributed by atoms with Gasteiger partial charge in [-0.2, -0.15) is 13.2 Å². The van der Waals surface area contributed by atoms with Crippen molar-refractivity contribution in [2.45, 2.75) is 25.4 Å². The number of anilines is 1. The molecule has 2 aliphatic rings. The highest BCUT2D eigenvalue weighted by Gasteiger charge is 2.32. The average Bonchev–Trinajstić information content (AvgIpc) is 3.57. The lowest BCUT2D eigenvalue weighted by molar-refractivity contribution is -0.389. The van der Waals surface area contributed by atoms with Crippen molar-refractivity contribution in [2.24, 2.45) is 0 Å². The minimum Gasteiger partial charge on any atom is -0.490 e. The summed E-state index contributed by atoms with van der Waals surface area (Å²) in [6.07, 6.45) is -3.23. The van der Waals surface area contributed by atoms with E-state index in [2.05, 4.69) is 14.8 Å². The summed E-state index contributed by atoms with van der Waals surface area (Å²) in [6.45, 7) is 5.15. The second-order valence-corrected chi connectivity index (χ2v) is 10.4. The zero-order valence-corrected chi connectivity index (χ0v) is 22.5. The van der Waals surface area contributed by atoms with Crippen LogP contribution in [-0.4, -0.2) is 58.3 Å². The summed E-state index contributed by atoms with van der Waals surface area (Å²) >= 11 is 0. The highest BCUT2D eigenvalue weighted by molar-refractivity contribution is 5.64. The average molecular weight is 580 g/mol. The second kappa shape index (κ2) is 11.4. The van der Waals surface area contributed by atoms with Gasteiger partial charge in [-0.3, -0.25) is 9.47 Å². The minimum atomic E-state index is -4.33. The number of ether oxygens (including phenoxy) is 2. The summed E-state index contributed by atoms with van der Waals surface area (Å²) in [4.78, 5) is 18.9. The Morgan fingerprint density at radius 1 is 0.929 bits per heavy atom. The third-order valence-corrected chi connectivity index (χ3v) is 7.50. The first-order valence-corrected chi connectivity index (χ1v) is 13.6. The highest BCUT2D eigenvalue weighted by Crippen LogP contribution is 2.31. The standard InChI is InChI=1S/C30H28F3N5O4/c31-30(32,33)24-7-5-23(6-8-24)22-3-1-21(2-4-22)17-35-13-15-36(16-14-35)25-9-11-26(12-10-25)41-20-27-18-37-19-28(38(39)40)34-29(37)42-27/h1-12,19,27H,13-18,20H2/t27-/m1/s1. The summed E-state index contributed by atoms with van der Waals surface area (Å²) < 4.78 is 51.6. The van der Waals surface area contributed by atoms with Crippen LogP contribution in [0.2, 0.25) is 0 Å². The van der Waals surface area contributed by atoms with E-state index in [4.69, 9.17) is 9.47 Å². The Balaban J connectivity index is 0.948. The van der Waals surface area contributed by atoms with Gasteiger partial charge in [0.25, 0.3) is 0 Å². The maximum atomic E-state index is 12.8. The lowest BCUT2D eigenvalue weighted by Gasteiger charge is -2.36. The van der Waals surface area contributed by atoms with Crippen molar-refractivity contribution in [1.82, 2.24) is 14.5 Å². The summed E-state index contributed by atoms with van der Waals surface area (Å²) in [6, 6.07) is 21.4. The number of aromatic nitrogens is 2. The molecule has 0 bridgehead atoms. The SMILES string of the molecule is O=[N+]([O-])c1cn2c(n1)O[C@@H](COc1ccc(N3CCN(Cc4ccc(-c5ccc(C(F)(F)F)cc5)cc4)CC3)cc1)C2. The molecule has 4 aromatic rings. The Morgan fingerprint density at radius 3 is 2.17 bits per heavy atom. The van der Waals surface area contributed by atoms with E-state index >= 15 is 0 Å². The predicted molar refractivity (Wildman–Crippen MR) is 150 cm³/mol. The van der Waals surface area contributed by atoms with Crippen LogP contribution in [0.4, 0.5) is 24.7 Å². The summed E-state index contributed by atoms with van der Waals surface area (Å²) in [5, 5.41) is 10.8. The van der Waals surface area contributed by atoms with Gasteiger partial charge < -0.3 is 24.5 Å². The van der Waals surface area contributed by atoms with Crippen LogP contribution in [0, 0.1) is 10.1 Å². The van der Waals surface area contributed by atoms with Crippen molar-refractivity contribution in [3.63, 3.8) is 0 Å². The molecule has 0 spiro atoms. The molecular formula is C30H28F3N5O4. The molecule has 3 heterocycles. The van der Waals surface area contributed by atoms with Crippen molar-refractivity contribution in [3.05, 3.63) is 100 Å². The van der Waals surface area contributed by atoms with Gasteiger partial charge in [-0.25, -0.2) is 0 Å². The van der Waals surface area contributed by atoms with Gasteiger partial charge in [0.05, 0.1) is 12.1 Å². The molecule has 0 unspecified atom stereocenters. The van der Waals surface area contributed by atoms with Crippen LogP contribution in [0.5, 0.6) is 11.8 Å². The molecule has 218 valence electrons. The van der Waals surface area contributed by atoms with Crippen LogP contribution in [0.1, 0.15) is 11.1 Å². The molecule has 9 nitrogen and oxygen atoms in total. The molecule has 0 saturated carbocycles. The molecule has 1 fully saturated rings. The molecule has 1 atom stereocenters. The van der Waals surface area contributed by atoms with E-state index < -0.39 is 16.7 Å². The van der Waals surface area contributed by atoms with Gasteiger partial charge in [0.15, 0.2) is 6.10 Å². The lowest BCUT2D eigenvalue weighted by atomic mass is 10.0. The quantitative estimate of drug-likeness (QED) is 0.197. The molecule has 0 amide bonds. The summed E-state index contributed by atoms with van der Waals surface area (Å²) in [5.41, 5.74) is 3.28. The van der Waals surface area contributed by atoms with Crippen LogP contribution in [0.25, 0.3) is 11.1 Å². The zero-order chi connectivity index (χ0) is 29.3. The highest BCUT2D eigenvalue weighted by atomic mass is 19.4. The minimum absolute atomic E-state index is 0.228. The number of nitro groups is 1. The number of fused-ring (bicyclic) bond motifs is 1. The van der Waals surface area contributed by atoms with E-state index in [0.717, 1.165) is 73.0 Å². The van der Waals surface area contributed by atoms with E-state index in [9.17, 15) is 23.3 Å². The van der Waals surface area contributed by atoms with Crippen LogP contribution in [-0.2, 0) is 19.3 Å². The molecule has 2 aliphatic heterocycles. The molecule has 0 aliphatic carbocycles. The van der Waals surface area contributed by atoms with Crippen LogP contribution in [0.15, 0.2) is 79.0 Å². The first-order valence-electron chi connectivity index (χ1n) is 13.6. The molecule has 3 aromatic carbocycles. The number of rotatable bonds is 8. The van der Waals surface area contributed by atoms with Crippen molar-refractivity contribution in [3.8, 4) is 22.9 Å². The number of piperazine rings is 1. The van der Waals surface area contributed by atoms with Gasteiger partial charge in [0.2, 0.25) is 0 Å². The lowest BCUT2D eigenvalue weighted by Crippen LogP contribution is -2.45. The van der Waals surface area contributed by atoms with Crippen LogP contribution in [0.3, 0.4) is 0 Å². The van der Waals surface area contributed by atoms with E-state index in [1.165, 1.54) is 18.3 Å². The molecule has 6 rings (SSSR count). The number of nitrogens with zero attached hydrogens (tertiary/aromatic N) is 5.